The van der Waals surface area contributed by atoms with Gasteiger partial charge in [0.05, 0.1) is 11.6 Å². The summed E-state index contributed by atoms with van der Waals surface area (Å²) in [5.41, 5.74) is 7.14. The number of halogens is 1. The highest BCUT2D eigenvalue weighted by Crippen LogP contribution is 2.28. The molecule has 1 atom stereocenters. The lowest BCUT2D eigenvalue weighted by Gasteiger charge is -2.29. The van der Waals surface area contributed by atoms with E-state index in [0.717, 1.165) is 4.31 Å². The molecule has 4 N–H and O–H groups in total. The fourth-order valence-electron chi connectivity index (χ4n) is 3.34. The fraction of sp³-hybridized carbons (Fsp3) is 0.167. The summed E-state index contributed by atoms with van der Waals surface area (Å²) in [6.07, 6.45) is 0. The molecule has 0 radical (unpaired) electrons. The third-order valence-corrected chi connectivity index (χ3v) is 7.09. The van der Waals surface area contributed by atoms with E-state index in [0.29, 0.717) is 28.4 Å². The molecular weight excluding hydrogens is 476 g/mol. The van der Waals surface area contributed by atoms with Crippen LogP contribution in [0.4, 0.5) is 5.69 Å². The molecule has 0 unspecified atom stereocenters. The summed E-state index contributed by atoms with van der Waals surface area (Å²) >= 11 is 5.92. The van der Waals surface area contributed by atoms with Crippen LogP contribution in [0.15, 0.2) is 83.8 Å². The van der Waals surface area contributed by atoms with Crippen molar-refractivity contribution in [1.29, 1.82) is 0 Å². The van der Waals surface area contributed by atoms with Crippen LogP contribution in [-0.4, -0.2) is 37.8 Å². The Labute approximate surface area is 203 Å². The molecule has 0 aliphatic carbocycles. The summed E-state index contributed by atoms with van der Waals surface area (Å²) in [6.45, 7) is 2.07. The number of hydrogen-bond acceptors (Lipinski definition) is 5. The lowest BCUT2D eigenvalue weighted by molar-refractivity contribution is -0.121. The first kappa shape index (κ1) is 25.2. The highest BCUT2D eigenvalue weighted by molar-refractivity contribution is 7.89. The van der Waals surface area contributed by atoms with Crippen molar-refractivity contribution in [3.8, 4) is 0 Å². The van der Waals surface area contributed by atoms with Gasteiger partial charge >= 0.3 is 0 Å². The molecule has 3 rings (SSSR count). The second kappa shape index (κ2) is 11.1. The number of carbonyl (C=O) groups is 2. The van der Waals surface area contributed by atoms with Crippen molar-refractivity contribution in [3.63, 3.8) is 0 Å². The van der Waals surface area contributed by atoms with E-state index >= 15 is 0 Å². The number of benzene rings is 3. The van der Waals surface area contributed by atoms with Crippen molar-refractivity contribution in [1.82, 2.24) is 9.62 Å². The number of sulfonamides is 1. The maximum atomic E-state index is 13.6. The van der Waals surface area contributed by atoms with Crippen LogP contribution in [0, 0.1) is 0 Å². The van der Waals surface area contributed by atoms with Crippen LogP contribution in [-0.2, 0) is 14.8 Å². The maximum absolute atomic E-state index is 13.6. The molecule has 0 aromatic heterocycles. The average molecular weight is 501 g/mol. The van der Waals surface area contributed by atoms with Gasteiger partial charge in [0.1, 0.15) is 6.04 Å². The minimum atomic E-state index is -4.16. The van der Waals surface area contributed by atoms with Gasteiger partial charge in [0, 0.05) is 22.8 Å². The van der Waals surface area contributed by atoms with Crippen LogP contribution < -0.4 is 16.4 Å². The highest BCUT2D eigenvalue weighted by atomic mass is 35.5. The van der Waals surface area contributed by atoms with E-state index in [1.807, 2.05) is 6.92 Å². The van der Waals surface area contributed by atoms with Crippen LogP contribution in [0.25, 0.3) is 0 Å². The van der Waals surface area contributed by atoms with Gasteiger partial charge in [-0.2, -0.15) is 4.31 Å². The molecule has 0 bridgehead atoms. The standard InChI is InChI=1S/C24H25ClN4O4S/c1-2-27-24(31)18-8-12-20(13-9-18)28-16-29(22(23(26)30)17-6-4-3-5-7-17)34(32,33)21-14-10-19(25)11-15-21/h3-15,22,28H,2,16H2,1H3,(H2,26,30)(H,27,31)/t22-/m1/s1. The number of amides is 2. The molecule has 0 aliphatic heterocycles. The third kappa shape index (κ3) is 5.93. The molecule has 3 aromatic carbocycles. The topological polar surface area (TPSA) is 122 Å². The van der Waals surface area contributed by atoms with E-state index in [2.05, 4.69) is 10.6 Å². The number of rotatable bonds is 10. The van der Waals surface area contributed by atoms with Crippen molar-refractivity contribution in [2.75, 3.05) is 18.5 Å². The normalized spacial score (nSPS) is 12.2. The van der Waals surface area contributed by atoms with E-state index in [4.69, 9.17) is 17.3 Å². The van der Waals surface area contributed by atoms with Gasteiger partial charge in [0.2, 0.25) is 15.9 Å². The van der Waals surface area contributed by atoms with Gasteiger partial charge in [-0.1, -0.05) is 41.9 Å². The first-order valence-electron chi connectivity index (χ1n) is 10.5. The smallest absolute Gasteiger partial charge is 0.251 e. The minimum absolute atomic E-state index is 0.0348. The fourth-order valence-corrected chi connectivity index (χ4v) is 4.95. The van der Waals surface area contributed by atoms with Crippen molar-refractivity contribution in [3.05, 3.63) is 95.0 Å². The van der Waals surface area contributed by atoms with Crippen LogP contribution in [0.5, 0.6) is 0 Å². The Balaban J connectivity index is 1.95. The van der Waals surface area contributed by atoms with E-state index in [9.17, 15) is 18.0 Å². The van der Waals surface area contributed by atoms with Gasteiger partial charge in [0.15, 0.2) is 0 Å². The van der Waals surface area contributed by atoms with Gasteiger partial charge in [-0.25, -0.2) is 8.42 Å². The quantitative estimate of drug-likeness (QED) is 0.368. The lowest BCUT2D eigenvalue weighted by Crippen LogP contribution is -2.44. The molecule has 2 amide bonds. The molecule has 0 saturated heterocycles. The Bertz CT molecular complexity index is 1230. The molecular formula is C24H25ClN4O4S. The van der Waals surface area contributed by atoms with Crippen LogP contribution in [0.1, 0.15) is 28.9 Å². The number of carbonyl (C=O) groups excluding carboxylic acids is 2. The van der Waals surface area contributed by atoms with Crippen molar-refractivity contribution in [2.45, 2.75) is 17.9 Å². The number of hydrogen-bond donors (Lipinski definition) is 3. The summed E-state index contributed by atoms with van der Waals surface area (Å²) < 4.78 is 28.2. The zero-order chi connectivity index (χ0) is 24.7. The first-order chi connectivity index (χ1) is 16.2. The average Bonchev–Trinajstić information content (AvgIpc) is 2.82. The van der Waals surface area contributed by atoms with E-state index in [-0.39, 0.29) is 17.5 Å². The zero-order valence-electron chi connectivity index (χ0n) is 18.4. The van der Waals surface area contributed by atoms with E-state index < -0.39 is 22.0 Å². The number of nitrogens with one attached hydrogen (secondary N) is 2. The number of primary amides is 1. The lowest BCUT2D eigenvalue weighted by atomic mass is 10.1. The third-order valence-electron chi connectivity index (χ3n) is 5.02. The van der Waals surface area contributed by atoms with Crippen LogP contribution >= 0.6 is 11.6 Å². The molecule has 178 valence electrons. The van der Waals surface area contributed by atoms with Gasteiger partial charge in [-0.3, -0.25) is 9.59 Å². The second-order valence-electron chi connectivity index (χ2n) is 7.33. The maximum Gasteiger partial charge on any atom is 0.251 e. The van der Waals surface area contributed by atoms with Gasteiger partial charge in [-0.15, -0.1) is 0 Å². The molecule has 0 heterocycles. The Morgan fingerprint density at radius 3 is 2.15 bits per heavy atom. The molecule has 0 aliphatic rings. The molecule has 0 spiro atoms. The second-order valence-corrected chi connectivity index (χ2v) is 9.66. The molecule has 34 heavy (non-hydrogen) atoms. The predicted octanol–water partition coefficient (Wildman–Crippen LogP) is 3.38. The Morgan fingerprint density at radius 1 is 0.971 bits per heavy atom. The van der Waals surface area contributed by atoms with Crippen molar-refractivity contribution < 1.29 is 18.0 Å². The monoisotopic (exact) mass is 500 g/mol. The minimum Gasteiger partial charge on any atom is -0.371 e. The number of nitrogens with two attached hydrogens (primary N) is 1. The summed E-state index contributed by atoms with van der Waals surface area (Å²) in [6, 6.07) is 19.4. The SMILES string of the molecule is CCNC(=O)c1ccc(NCN([C@@H](C(N)=O)c2ccccc2)S(=O)(=O)c2ccc(Cl)cc2)cc1. The van der Waals surface area contributed by atoms with E-state index in [1.165, 1.54) is 24.3 Å². The van der Waals surface area contributed by atoms with Crippen LogP contribution in [0.2, 0.25) is 5.02 Å². The molecule has 3 aromatic rings. The summed E-state index contributed by atoms with van der Waals surface area (Å²) in [5, 5.41) is 6.11. The molecule has 10 heteroatoms. The molecule has 8 nitrogen and oxygen atoms in total. The van der Waals surface area contributed by atoms with Gasteiger partial charge in [0.25, 0.3) is 5.91 Å². The Hall–Kier alpha value is -3.40. The van der Waals surface area contributed by atoms with Crippen molar-refractivity contribution in [2.24, 2.45) is 5.73 Å². The Kier molecular flexibility index (Phi) is 8.27. The van der Waals surface area contributed by atoms with Gasteiger partial charge < -0.3 is 16.4 Å². The predicted molar refractivity (Wildman–Crippen MR) is 132 cm³/mol. The van der Waals surface area contributed by atoms with Gasteiger partial charge in [-0.05, 0) is 61.0 Å². The largest absolute Gasteiger partial charge is 0.371 e. The molecule has 0 saturated carbocycles. The zero-order valence-corrected chi connectivity index (χ0v) is 20.0. The summed E-state index contributed by atoms with van der Waals surface area (Å²) in [4.78, 5) is 24.4. The summed E-state index contributed by atoms with van der Waals surface area (Å²) in [5.74, 6) is -1.03. The Morgan fingerprint density at radius 2 is 1.59 bits per heavy atom. The van der Waals surface area contributed by atoms with Crippen molar-refractivity contribution >= 4 is 39.1 Å². The highest BCUT2D eigenvalue weighted by Gasteiger charge is 2.36. The number of anilines is 1. The van der Waals surface area contributed by atoms with E-state index in [1.54, 1.807) is 54.6 Å². The first-order valence-corrected chi connectivity index (χ1v) is 12.3. The molecule has 0 fully saturated rings. The number of nitrogens with zero attached hydrogens (tertiary/aromatic N) is 1. The van der Waals surface area contributed by atoms with Crippen LogP contribution in [0.3, 0.4) is 0 Å². The summed E-state index contributed by atoms with van der Waals surface area (Å²) in [7, 11) is -4.16.